The number of amides is 1. The molecule has 1 aliphatic heterocycles. The van der Waals surface area contributed by atoms with Gasteiger partial charge in [-0.2, -0.15) is 0 Å². The lowest BCUT2D eigenvalue weighted by atomic mass is 10.2. The van der Waals surface area contributed by atoms with E-state index in [0.717, 1.165) is 30.5 Å². The zero-order valence-corrected chi connectivity index (χ0v) is 20.1. The van der Waals surface area contributed by atoms with Crippen molar-refractivity contribution in [2.45, 2.75) is 37.0 Å². The van der Waals surface area contributed by atoms with Crippen molar-refractivity contribution in [3.05, 3.63) is 59.1 Å². The molecule has 0 bridgehead atoms. The molecule has 1 saturated heterocycles. The SMILES string of the molecule is O=C(CN(c1ccc(Br)cc1)S(=O)(=O)c1ccccc1)NCCCN1CCCCCC1. The molecule has 3 rings (SSSR count). The molecular formula is C23H30BrN3O3S. The molecule has 1 heterocycles. The standard InChI is InChI=1S/C23H30BrN3O3S/c24-20-11-13-21(14-12-20)27(31(29,30)22-9-4-3-5-10-22)19-23(28)25-15-8-18-26-16-6-1-2-7-17-26/h3-5,9-14H,1-2,6-8,15-19H2,(H,25,28). The Morgan fingerprint density at radius 3 is 2.26 bits per heavy atom. The first-order chi connectivity index (χ1) is 15.0. The van der Waals surface area contributed by atoms with E-state index >= 15 is 0 Å². The van der Waals surface area contributed by atoms with Crippen LogP contribution in [0.2, 0.25) is 0 Å². The third kappa shape index (κ3) is 7.05. The van der Waals surface area contributed by atoms with Crippen LogP contribution in [-0.2, 0) is 14.8 Å². The van der Waals surface area contributed by atoms with Gasteiger partial charge in [0.1, 0.15) is 6.54 Å². The van der Waals surface area contributed by atoms with Crippen molar-refractivity contribution in [3.8, 4) is 0 Å². The Morgan fingerprint density at radius 2 is 1.61 bits per heavy atom. The maximum absolute atomic E-state index is 13.2. The van der Waals surface area contributed by atoms with E-state index in [1.165, 1.54) is 30.0 Å². The van der Waals surface area contributed by atoms with Gasteiger partial charge in [-0.05, 0) is 75.3 Å². The normalized spacial score (nSPS) is 15.3. The largest absolute Gasteiger partial charge is 0.354 e. The molecule has 31 heavy (non-hydrogen) atoms. The summed E-state index contributed by atoms with van der Waals surface area (Å²) >= 11 is 3.37. The van der Waals surface area contributed by atoms with Crippen LogP contribution < -0.4 is 9.62 Å². The van der Waals surface area contributed by atoms with E-state index in [0.29, 0.717) is 12.2 Å². The van der Waals surface area contributed by atoms with Gasteiger partial charge in [0.15, 0.2) is 0 Å². The molecule has 0 saturated carbocycles. The molecule has 1 N–H and O–H groups in total. The number of hydrogen-bond donors (Lipinski definition) is 1. The lowest BCUT2D eigenvalue weighted by molar-refractivity contribution is -0.119. The van der Waals surface area contributed by atoms with E-state index in [1.807, 2.05) is 0 Å². The highest BCUT2D eigenvalue weighted by atomic mass is 79.9. The average molecular weight is 508 g/mol. The van der Waals surface area contributed by atoms with Crippen molar-refractivity contribution < 1.29 is 13.2 Å². The highest BCUT2D eigenvalue weighted by molar-refractivity contribution is 9.10. The zero-order valence-electron chi connectivity index (χ0n) is 17.7. The van der Waals surface area contributed by atoms with Gasteiger partial charge < -0.3 is 10.2 Å². The molecule has 6 nitrogen and oxygen atoms in total. The minimum absolute atomic E-state index is 0.159. The van der Waals surface area contributed by atoms with Gasteiger partial charge in [0.05, 0.1) is 10.6 Å². The van der Waals surface area contributed by atoms with Crippen LogP contribution in [0.25, 0.3) is 0 Å². The summed E-state index contributed by atoms with van der Waals surface area (Å²) in [5.74, 6) is -0.307. The first kappa shape index (κ1) is 23.8. The molecule has 0 atom stereocenters. The van der Waals surface area contributed by atoms with Crippen LogP contribution in [0.15, 0.2) is 64.0 Å². The minimum atomic E-state index is -3.86. The summed E-state index contributed by atoms with van der Waals surface area (Å²) in [4.78, 5) is 15.2. The van der Waals surface area contributed by atoms with Gasteiger partial charge in [-0.25, -0.2) is 8.42 Å². The number of nitrogens with one attached hydrogen (secondary N) is 1. The number of rotatable bonds is 9. The number of hydrogen-bond acceptors (Lipinski definition) is 4. The second kappa shape index (κ2) is 11.6. The molecule has 0 unspecified atom stereocenters. The zero-order chi connectivity index (χ0) is 22.1. The fourth-order valence-corrected chi connectivity index (χ4v) is 5.43. The number of carbonyl (C=O) groups excluding carboxylic acids is 1. The maximum Gasteiger partial charge on any atom is 0.264 e. The summed E-state index contributed by atoms with van der Waals surface area (Å²) in [7, 11) is -3.86. The van der Waals surface area contributed by atoms with Gasteiger partial charge in [0.25, 0.3) is 10.0 Å². The number of benzene rings is 2. The molecule has 0 radical (unpaired) electrons. The lowest BCUT2D eigenvalue weighted by Crippen LogP contribution is -2.41. The van der Waals surface area contributed by atoms with Crippen molar-refractivity contribution in [2.75, 3.05) is 37.0 Å². The summed E-state index contributed by atoms with van der Waals surface area (Å²) in [6, 6.07) is 15.1. The molecule has 2 aromatic carbocycles. The summed E-state index contributed by atoms with van der Waals surface area (Å²) in [5, 5.41) is 2.89. The predicted molar refractivity (Wildman–Crippen MR) is 128 cm³/mol. The third-order valence-electron chi connectivity index (χ3n) is 5.40. The Labute approximate surface area is 193 Å². The van der Waals surface area contributed by atoms with Gasteiger partial charge in [-0.3, -0.25) is 9.10 Å². The van der Waals surface area contributed by atoms with E-state index < -0.39 is 10.0 Å². The molecule has 0 aliphatic carbocycles. The van der Waals surface area contributed by atoms with Gasteiger partial charge in [0, 0.05) is 11.0 Å². The molecule has 1 aliphatic rings. The van der Waals surface area contributed by atoms with Crippen LogP contribution in [0.3, 0.4) is 0 Å². The Hall–Kier alpha value is -1.90. The summed E-state index contributed by atoms with van der Waals surface area (Å²) in [6.07, 6.45) is 5.94. The predicted octanol–water partition coefficient (Wildman–Crippen LogP) is 4.03. The van der Waals surface area contributed by atoms with E-state index in [-0.39, 0.29) is 17.3 Å². The number of anilines is 1. The number of nitrogens with zero attached hydrogens (tertiary/aromatic N) is 2. The van der Waals surface area contributed by atoms with Crippen molar-refractivity contribution in [3.63, 3.8) is 0 Å². The fourth-order valence-electron chi connectivity index (χ4n) is 3.72. The van der Waals surface area contributed by atoms with Crippen molar-refractivity contribution >= 4 is 37.5 Å². The van der Waals surface area contributed by atoms with Gasteiger partial charge in [0.2, 0.25) is 5.91 Å². The monoisotopic (exact) mass is 507 g/mol. The molecule has 2 aromatic rings. The first-order valence-corrected chi connectivity index (χ1v) is 13.0. The Balaban J connectivity index is 1.63. The summed E-state index contributed by atoms with van der Waals surface area (Å²) < 4.78 is 28.5. The van der Waals surface area contributed by atoms with Gasteiger partial charge in [-0.15, -0.1) is 0 Å². The van der Waals surface area contributed by atoms with Crippen LogP contribution in [-0.4, -0.2) is 51.9 Å². The molecule has 1 amide bonds. The van der Waals surface area contributed by atoms with Crippen molar-refractivity contribution in [2.24, 2.45) is 0 Å². The molecule has 0 spiro atoms. The number of sulfonamides is 1. The second-order valence-corrected chi connectivity index (χ2v) is 10.5. The van der Waals surface area contributed by atoms with Crippen LogP contribution >= 0.6 is 15.9 Å². The smallest absolute Gasteiger partial charge is 0.264 e. The van der Waals surface area contributed by atoms with Crippen LogP contribution in [0.5, 0.6) is 0 Å². The Bertz CT molecular complexity index is 928. The third-order valence-corrected chi connectivity index (χ3v) is 7.72. The highest BCUT2D eigenvalue weighted by Crippen LogP contribution is 2.25. The van der Waals surface area contributed by atoms with Crippen LogP contribution in [0.1, 0.15) is 32.1 Å². The number of carbonyl (C=O) groups is 1. The molecule has 8 heteroatoms. The van der Waals surface area contributed by atoms with Gasteiger partial charge in [-0.1, -0.05) is 47.0 Å². The number of halogens is 1. The van der Waals surface area contributed by atoms with Gasteiger partial charge >= 0.3 is 0 Å². The van der Waals surface area contributed by atoms with E-state index in [4.69, 9.17) is 0 Å². The van der Waals surface area contributed by atoms with Crippen molar-refractivity contribution in [1.29, 1.82) is 0 Å². The topological polar surface area (TPSA) is 69.7 Å². The summed E-state index contributed by atoms with van der Waals surface area (Å²) in [5.41, 5.74) is 0.451. The molecular weight excluding hydrogens is 478 g/mol. The van der Waals surface area contributed by atoms with Crippen molar-refractivity contribution in [1.82, 2.24) is 10.2 Å². The minimum Gasteiger partial charge on any atom is -0.354 e. The van der Waals surface area contributed by atoms with E-state index in [9.17, 15) is 13.2 Å². The van der Waals surface area contributed by atoms with Crippen LogP contribution in [0, 0.1) is 0 Å². The Kier molecular flexibility index (Phi) is 8.92. The maximum atomic E-state index is 13.2. The Morgan fingerprint density at radius 1 is 0.968 bits per heavy atom. The van der Waals surface area contributed by atoms with Crippen LogP contribution in [0.4, 0.5) is 5.69 Å². The molecule has 1 fully saturated rings. The second-order valence-electron chi connectivity index (χ2n) is 7.76. The number of likely N-dealkylation sites (tertiary alicyclic amines) is 1. The quantitative estimate of drug-likeness (QED) is 0.520. The fraction of sp³-hybridized carbons (Fsp3) is 0.435. The average Bonchev–Trinajstić information content (AvgIpc) is 3.05. The first-order valence-electron chi connectivity index (χ1n) is 10.8. The summed E-state index contributed by atoms with van der Waals surface area (Å²) in [6.45, 7) is 3.48. The molecule has 0 aromatic heterocycles. The highest BCUT2D eigenvalue weighted by Gasteiger charge is 2.27. The van der Waals surface area contributed by atoms with E-state index in [2.05, 4.69) is 26.1 Å². The molecule has 168 valence electrons. The van der Waals surface area contributed by atoms with E-state index in [1.54, 1.807) is 54.6 Å². The lowest BCUT2D eigenvalue weighted by Gasteiger charge is -2.24.